The van der Waals surface area contributed by atoms with E-state index in [9.17, 15) is 4.39 Å². The number of rotatable bonds is 4. The summed E-state index contributed by atoms with van der Waals surface area (Å²) < 4.78 is 17.1. The third-order valence-electron chi connectivity index (χ3n) is 5.50. The van der Waals surface area contributed by atoms with Crippen molar-refractivity contribution in [2.24, 2.45) is 0 Å². The molecule has 0 radical (unpaired) electrons. The molecular weight excluding hydrogens is 439 g/mol. The van der Waals surface area contributed by atoms with Crippen LogP contribution in [0.15, 0.2) is 114 Å². The van der Waals surface area contributed by atoms with Gasteiger partial charge in [-0.15, -0.1) is 0 Å². The maximum absolute atomic E-state index is 14.5. The van der Waals surface area contributed by atoms with E-state index in [1.165, 1.54) is 6.07 Å². The molecular formula is C26H18BrFN2. The molecule has 0 atom stereocenters. The van der Waals surface area contributed by atoms with Gasteiger partial charge in [0.05, 0.1) is 11.7 Å². The van der Waals surface area contributed by atoms with E-state index in [-0.39, 0.29) is 5.82 Å². The second-order valence-electron chi connectivity index (χ2n) is 7.19. The quantitative estimate of drug-likeness (QED) is 0.272. The van der Waals surface area contributed by atoms with Crippen LogP contribution < -0.4 is 0 Å². The summed E-state index contributed by atoms with van der Waals surface area (Å²) in [6, 6.07) is 33.8. The summed E-state index contributed by atoms with van der Waals surface area (Å²) in [5.74, 6) is -0.306. The summed E-state index contributed by atoms with van der Waals surface area (Å²) in [5, 5.41) is 5.68. The Hall–Kier alpha value is -3.24. The molecule has 0 saturated heterocycles. The number of halogens is 2. The number of hydrogen-bond donors (Lipinski definition) is 0. The Morgan fingerprint density at radius 1 is 0.700 bits per heavy atom. The van der Waals surface area contributed by atoms with Gasteiger partial charge in [-0.3, -0.25) is 0 Å². The average molecular weight is 457 g/mol. The number of hydrogen-bond acceptors (Lipinski definition) is 1. The maximum Gasteiger partial charge on any atom is 0.138 e. The summed E-state index contributed by atoms with van der Waals surface area (Å²) in [7, 11) is 0. The molecule has 4 heteroatoms. The number of fused-ring (bicyclic) bond motifs is 1. The van der Waals surface area contributed by atoms with Gasteiger partial charge in [0.15, 0.2) is 0 Å². The second kappa shape index (κ2) is 7.54. The van der Waals surface area contributed by atoms with Crippen LogP contribution in [0.4, 0.5) is 4.39 Å². The molecule has 0 aliphatic heterocycles. The van der Waals surface area contributed by atoms with Crippen molar-refractivity contribution in [3.05, 3.63) is 136 Å². The van der Waals surface area contributed by atoms with Crippen molar-refractivity contribution in [2.75, 3.05) is 0 Å². The molecule has 0 aliphatic rings. The maximum atomic E-state index is 14.5. The minimum atomic E-state index is -0.765. The Morgan fingerprint density at radius 3 is 1.63 bits per heavy atom. The summed E-state index contributed by atoms with van der Waals surface area (Å²) in [6.07, 6.45) is 1.79. The van der Waals surface area contributed by atoms with Crippen LogP contribution in [0.25, 0.3) is 10.9 Å². The molecule has 1 aromatic heterocycles. The van der Waals surface area contributed by atoms with Gasteiger partial charge in [-0.1, -0.05) is 91.0 Å². The van der Waals surface area contributed by atoms with Gasteiger partial charge < -0.3 is 0 Å². The first-order valence-electron chi connectivity index (χ1n) is 9.71. The van der Waals surface area contributed by atoms with E-state index in [1.807, 2.05) is 59.3 Å². The minimum Gasteiger partial charge on any atom is -0.245 e. The fourth-order valence-electron chi connectivity index (χ4n) is 4.22. The molecule has 4 aromatic carbocycles. The summed E-state index contributed by atoms with van der Waals surface area (Å²) in [4.78, 5) is 0. The molecule has 0 N–H and O–H groups in total. The minimum absolute atomic E-state index is 0.306. The predicted octanol–water partition coefficient (Wildman–Crippen LogP) is 6.78. The number of aromatic nitrogens is 2. The highest BCUT2D eigenvalue weighted by molar-refractivity contribution is 9.10. The van der Waals surface area contributed by atoms with Gasteiger partial charge in [0.2, 0.25) is 0 Å². The van der Waals surface area contributed by atoms with Crippen LogP contribution in [0.5, 0.6) is 0 Å². The Bertz CT molecular complexity index is 1200. The molecule has 0 spiro atoms. The van der Waals surface area contributed by atoms with Gasteiger partial charge in [-0.25, -0.2) is 9.07 Å². The number of benzene rings is 4. The lowest BCUT2D eigenvalue weighted by Gasteiger charge is -2.37. The van der Waals surface area contributed by atoms with Crippen molar-refractivity contribution in [3.63, 3.8) is 0 Å². The Labute approximate surface area is 182 Å². The van der Waals surface area contributed by atoms with Crippen LogP contribution in [0, 0.1) is 5.82 Å². The van der Waals surface area contributed by atoms with Crippen LogP contribution >= 0.6 is 15.9 Å². The SMILES string of the molecule is Fc1cc(Br)c2cnn(C(c3ccccc3)(c3ccccc3)c3ccccc3)c2c1. The highest BCUT2D eigenvalue weighted by Gasteiger charge is 2.40. The third-order valence-corrected chi connectivity index (χ3v) is 6.15. The van der Waals surface area contributed by atoms with E-state index >= 15 is 0 Å². The van der Waals surface area contributed by atoms with E-state index < -0.39 is 5.54 Å². The van der Waals surface area contributed by atoms with Crippen LogP contribution in [0.2, 0.25) is 0 Å². The lowest BCUT2D eigenvalue weighted by Crippen LogP contribution is -2.38. The van der Waals surface area contributed by atoms with Gasteiger partial charge in [0.25, 0.3) is 0 Å². The normalized spacial score (nSPS) is 11.7. The van der Waals surface area contributed by atoms with Crippen molar-refractivity contribution in [3.8, 4) is 0 Å². The van der Waals surface area contributed by atoms with Gasteiger partial charge in [0, 0.05) is 9.86 Å². The summed E-state index contributed by atoms with van der Waals surface area (Å²) >= 11 is 3.50. The van der Waals surface area contributed by atoms with Crippen LogP contribution in [0.3, 0.4) is 0 Å². The lowest BCUT2D eigenvalue weighted by atomic mass is 9.77. The fraction of sp³-hybridized carbons (Fsp3) is 0.0385. The molecule has 0 fully saturated rings. The third kappa shape index (κ3) is 2.87. The largest absolute Gasteiger partial charge is 0.245 e. The highest BCUT2D eigenvalue weighted by Crippen LogP contribution is 2.42. The standard InChI is InChI=1S/C26H18BrFN2/c27-24-16-22(28)17-25-23(24)18-29-30(25)26(19-10-4-1-5-11-19,20-12-6-2-7-13-20)21-14-8-3-9-15-21/h1-18H. The van der Waals surface area contributed by atoms with E-state index in [0.717, 1.165) is 27.6 Å². The first kappa shape index (κ1) is 18.8. The Morgan fingerprint density at radius 2 is 1.17 bits per heavy atom. The first-order valence-corrected chi connectivity index (χ1v) is 10.5. The molecule has 1 heterocycles. The van der Waals surface area contributed by atoms with Gasteiger partial charge in [0.1, 0.15) is 11.4 Å². The van der Waals surface area contributed by atoms with Gasteiger partial charge in [-0.05, 0) is 44.8 Å². The summed E-state index contributed by atoms with van der Waals surface area (Å²) in [5.41, 5.74) is 3.10. The van der Waals surface area contributed by atoms with Crippen molar-refractivity contribution in [1.29, 1.82) is 0 Å². The van der Waals surface area contributed by atoms with E-state index in [0.29, 0.717) is 4.47 Å². The zero-order valence-electron chi connectivity index (χ0n) is 16.0. The second-order valence-corrected chi connectivity index (χ2v) is 8.04. The van der Waals surface area contributed by atoms with Crippen LogP contribution in [0.1, 0.15) is 16.7 Å². The molecule has 0 bridgehead atoms. The molecule has 0 aliphatic carbocycles. The molecule has 146 valence electrons. The molecule has 0 amide bonds. The van der Waals surface area contributed by atoms with Crippen molar-refractivity contribution in [2.45, 2.75) is 5.54 Å². The van der Waals surface area contributed by atoms with E-state index in [4.69, 9.17) is 5.10 Å². The summed E-state index contributed by atoms with van der Waals surface area (Å²) in [6.45, 7) is 0. The van der Waals surface area contributed by atoms with Gasteiger partial charge >= 0.3 is 0 Å². The van der Waals surface area contributed by atoms with E-state index in [1.54, 1.807) is 12.3 Å². The van der Waals surface area contributed by atoms with Crippen LogP contribution in [-0.2, 0) is 5.54 Å². The topological polar surface area (TPSA) is 17.8 Å². The molecule has 0 saturated carbocycles. The molecule has 5 rings (SSSR count). The Balaban J connectivity index is 1.98. The highest BCUT2D eigenvalue weighted by atomic mass is 79.9. The lowest BCUT2D eigenvalue weighted by molar-refractivity contribution is 0.475. The van der Waals surface area contributed by atoms with Crippen molar-refractivity contribution < 1.29 is 4.39 Å². The monoisotopic (exact) mass is 456 g/mol. The average Bonchev–Trinajstić information content (AvgIpc) is 3.21. The molecule has 5 aromatic rings. The number of nitrogens with zero attached hydrogens (tertiary/aromatic N) is 2. The molecule has 2 nitrogen and oxygen atoms in total. The van der Waals surface area contributed by atoms with Crippen molar-refractivity contribution in [1.82, 2.24) is 9.78 Å². The van der Waals surface area contributed by atoms with E-state index in [2.05, 4.69) is 52.3 Å². The first-order chi connectivity index (χ1) is 14.7. The van der Waals surface area contributed by atoms with Crippen LogP contribution in [-0.4, -0.2) is 9.78 Å². The Kier molecular flexibility index (Phi) is 4.72. The smallest absolute Gasteiger partial charge is 0.138 e. The van der Waals surface area contributed by atoms with Gasteiger partial charge in [-0.2, -0.15) is 5.10 Å². The zero-order chi connectivity index (χ0) is 20.6. The predicted molar refractivity (Wildman–Crippen MR) is 122 cm³/mol. The van der Waals surface area contributed by atoms with Crippen molar-refractivity contribution >= 4 is 26.8 Å². The molecule has 30 heavy (non-hydrogen) atoms. The zero-order valence-corrected chi connectivity index (χ0v) is 17.6. The molecule has 0 unspecified atom stereocenters. The fourth-order valence-corrected chi connectivity index (χ4v) is 4.75.